The molecule has 0 fully saturated rings. The Morgan fingerprint density at radius 3 is 2.85 bits per heavy atom. The van der Waals surface area contributed by atoms with Gasteiger partial charge in [-0.05, 0) is 6.42 Å². The Bertz CT molecular complexity index is 221. The van der Waals surface area contributed by atoms with Crippen molar-refractivity contribution in [1.29, 1.82) is 0 Å². The second kappa shape index (κ2) is 7.18. The molecule has 0 aromatic rings. The molecule has 0 bridgehead atoms. The summed E-state index contributed by atoms with van der Waals surface area (Å²) in [4.78, 5) is 23.8. The molecule has 0 aliphatic carbocycles. The van der Waals surface area contributed by atoms with E-state index in [-0.39, 0.29) is 0 Å². The average molecular weight is 183 g/mol. The van der Waals surface area contributed by atoms with Crippen LogP contribution in [0.1, 0.15) is 26.2 Å². The standard InChI is InChI=1S/C8H13N3O2/c1-2-3-4-7(6-12)11-8(13)5-10-9/h5-7H,2-4H2,1H3,(H,11,13)/t7-/m0/s1. The van der Waals surface area contributed by atoms with Gasteiger partial charge in [-0.3, -0.25) is 4.79 Å². The monoisotopic (exact) mass is 183 g/mol. The summed E-state index contributed by atoms with van der Waals surface area (Å²) >= 11 is 0. The minimum Gasteiger partial charge on any atom is -0.361 e. The van der Waals surface area contributed by atoms with Gasteiger partial charge in [0.1, 0.15) is 6.29 Å². The molecule has 5 nitrogen and oxygen atoms in total. The second-order valence-electron chi connectivity index (χ2n) is 2.64. The zero-order chi connectivity index (χ0) is 10.1. The number of carbonyl (C=O) groups excluding carboxylic acids is 2. The first-order valence-electron chi connectivity index (χ1n) is 4.17. The van der Waals surface area contributed by atoms with Crippen LogP contribution in [0.25, 0.3) is 5.53 Å². The maximum absolute atomic E-state index is 10.8. The molecule has 1 atom stereocenters. The van der Waals surface area contributed by atoms with E-state index in [2.05, 4.69) is 10.1 Å². The number of hydrogen-bond acceptors (Lipinski definition) is 2. The maximum Gasteiger partial charge on any atom is 0.344 e. The first-order valence-corrected chi connectivity index (χ1v) is 4.17. The molecule has 13 heavy (non-hydrogen) atoms. The van der Waals surface area contributed by atoms with Crippen LogP contribution in [0.3, 0.4) is 0 Å². The predicted octanol–water partition coefficient (Wildman–Crippen LogP) is 0.161. The fraction of sp³-hybridized carbons (Fsp3) is 0.625. The Morgan fingerprint density at radius 1 is 1.69 bits per heavy atom. The van der Waals surface area contributed by atoms with Gasteiger partial charge in [0.15, 0.2) is 0 Å². The Balaban J connectivity index is 3.89. The van der Waals surface area contributed by atoms with Crippen molar-refractivity contribution >= 4 is 18.4 Å². The van der Waals surface area contributed by atoms with E-state index >= 15 is 0 Å². The first kappa shape index (κ1) is 11.5. The minimum absolute atomic E-state index is 0.481. The van der Waals surface area contributed by atoms with Gasteiger partial charge in [-0.1, -0.05) is 19.8 Å². The number of hydrogen-bond donors (Lipinski definition) is 1. The summed E-state index contributed by atoms with van der Waals surface area (Å²) in [7, 11) is 0. The van der Waals surface area contributed by atoms with Crippen LogP contribution in [-0.4, -0.2) is 29.2 Å². The van der Waals surface area contributed by atoms with Crippen molar-refractivity contribution in [3.63, 3.8) is 0 Å². The van der Waals surface area contributed by atoms with E-state index in [1.54, 1.807) is 0 Å². The molecule has 0 aromatic heterocycles. The Kier molecular flexibility index (Phi) is 6.37. The molecule has 5 heteroatoms. The molecule has 0 unspecified atom stereocenters. The lowest BCUT2D eigenvalue weighted by Gasteiger charge is -2.07. The summed E-state index contributed by atoms with van der Waals surface area (Å²) < 4.78 is 0. The topological polar surface area (TPSA) is 82.6 Å². The normalized spacial score (nSPS) is 11.2. The van der Waals surface area contributed by atoms with Crippen LogP contribution < -0.4 is 5.32 Å². The summed E-state index contributed by atoms with van der Waals surface area (Å²) in [5.74, 6) is -0.560. The molecular weight excluding hydrogens is 170 g/mol. The van der Waals surface area contributed by atoms with Crippen molar-refractivity contribution in [2.24, 2.45) is 0 Å². The smallest absolute Gasteiger partial charge is 0.344 e. The number of aldehydes is 1. The summed E-state index contributed by atoms with van der Waals surface area (Å²) in [5.41, 5.74) is 8.02. The average Bonchev–Trinajstić information content (AvgIpc) is 2.12. The number of nitrogens with one attached hydrogen (secondary N) is 1. The van der Waals surface area contributed by atoms with Crippen LogP contribution in [0.4, 0.5) is 0 Å². The highest BCUT2D eigenvalue weighted by molar-refractivity contribution is 6.24. The van der Waals surface area contributed by atoms with Gasteiger partial charge in [0.2, 0.25) is 0 Å². The number of nitrogens with zero attached hydrogens (tertiary/aromatic N) is 2. The Hall–Kier alpha value is -1.48. The van der Waals surface area contributed by atoms with Gasteiger partial charge in [-0.25, -0.2) is 0 Å². The van der Waals surface area contributed by atoms with Crippen LogP contribution in [0, 0.1) is 0 Å². The molecule has 0 aliphatic rings. The fourth-order valence-electron chi connectivity index (χ4n) is 0.871. The molecule has 72 valence electrons. The minimum atomic E-state index is -0.560. The highest BCUT2D eigenvalue weighted by atomic mass is 16.2. The van der Waals surface area contributed by atoms with Gasteiger partial charge in [0.05, 0.1) is 6.04 Å². The zero-order valence-electron chi connectivity index (χ0n) is 7.56. The summed E-state index contributed by atoms with van der Waals surface area (Å²) in [5, 5.41) is 2.39. The van der Waals surface area contributed by atoms with Gasteiger partial charge in [-0.15, -0.1) is 0 Å². The van der Waals surface area contributed by atoms with E-state index in [9.17, 15) is 9.59 Å². The van der Waals surface area contributed by atoms with Crippen molar-refractivity contribution in [3.8, 4) is 0 Å². The van der Waals surface area contributed by atoms with Crippen LogP contribution in [0.2, 0.25) is 0 Å². The molecule has 0 radical (unpaired) electrons. The molecular formula is C8H13N3O2. The van der Waals surface area contributed by atoms with Crippen LogP contribution in [0.15, 0.2) is 0 Å². The van der Waals surface area contributed by atoms with Crippen molar-refractivity contribution in [2.75, 3.05) is 0 Å². The van der Waals surface area contributed by atoms with Gasteiger partial charge in [0, 0.05) is 0 Å². The van der Waals surface area contributed by atoms with Crippen LogP contribution in [-0.2, 0) is 9.59 Å². The number of carbonyl (C=O) groups is 2. The molecule has 0 heterocycles. The third-order valence-corrected chi connectivity index (χ3v) is 1.54. The van der Waals surface area contributed by atoms with Gasteiger partial charge < -0.3 is 15.6 Å². The van der Waals surface area contributed by atoms with Gasteiger partial charge in [-0.2, -0.15) is 4.79 Å². The SMILES string of the molecule is CCCC[C@@H](C=O)NC(=O)C=[N+]=[N-]. The highest BCUT2D eigenvalue weighted by Gasteiger charge is 2.10. The van der Waals surface area contributed by atoms with E-state index in [1.165, 1.54) is 0 Å². The predicted molar refractivity (Wildman–Crippen MR) is 47.2 cm³/mol. The van der Waals surface area contributed by atoms with E-state index < -0.39 is 11.9 Å². The molecule has 0 aromatic carbocycles. The lowest BCUT2D eigenvalue weighted by molar-refractivity contribution is -0.121. The Labute approximate surface area is 76.7 Å². The molecule has 0 rings (SSSR count). The molecule has 0 spiro atoms. The number of rotatable bonds is 6. The lowest BCUT2D eigenvalue weighted by atomic mass is 10.1. The lowest BCUT2D eigenvalue weighted by Crippen LogP contribution is -2.36. The van der Waals surface area contributed by atoms with E-state index in [0.717, 1.165) is 19.1 Å². The molecule has 1 amide bonds. The van der Waals surface area contributed by atoms with Gasteiger partial charge >= 0.3 is 12.1 Å². The largest absolute Gasteiger partial charge is 0.361 e. The highest BCUT2D eigenvalue weighted by Crippen LogP contribution is 1.97. The first-order chi connectivity index (χ1) is 6.24. The second-order valence-corrected chi connectivity index (χ2v) is 2.64. The maximum atomic E-state index is 10.8. The van der Waals surface area contributed by atoms with E-state index in [1.807, 2.05) is 6.92 Å². The fourth-order valence-corrected chi connectivity index (χ4v) is 0.871. The third-order valence-electron chi connectivity index (χ3n) is 1.54. The summed E-state index contributed by atoms with van der Waals surface area (Å²) in [6, 6.07) is -0.481. The van der Waals surface area contributed by atoms with Crippen LogP contribution in [0.5, 0.6) is 0 Å². The van der Waals surface area contributed by atoms with Crippen molar-refractivity contribution in [3.05, 3.63) is 5.53 Å². The van der Waals surface area contributed by atoms with E-state index in [0.29, 0.717) is 12.7 Å². The summed E-state index contributed by atoms with van der Waals surface area (Å²) in [6.07, 6.45) is 3.86. The third kappa shape index (κ3) is 5.75. The molecule has 0 saturated carbocycles. The molecule has 0 saturated heterocycles. The number of unbranched alkanes of at least 4 members (excludes halogenated alkanes) is 1. The van der Waals surface area contributed by atoms with Crippen molar-refractivity contribution in [2.45, 2.75) is 32.2 Å². The van der Waals surface area contributed by atoms with Crippen molar-refractivity contribution in [1.82, 2.24) is 5.32 Å². The van der Waals surface area contributed by atoms with Crippen molar-refractivity contribution < 1.29 is 14.4 Å². The zero-order valence-corrected chi connectivity index (χ0v) is 7.56. The molecule has 1 N–H and O–H groups in total. The van der Waals surface area contributed by atoms with Gasteiger partial charge in [0.25, 0.3) is 0 Å². The Morgan fingerprint density at radius 2 is 2.38 bits per heavy atom. The number of amides is 1. The van der Waals surface area contributed by atoms with E-state index in [4.69, 9.17) is 5.53 Å². The summed E-state index contributed by atoms with van der Waals surface area (Å²) in [6.45, 7) is 2.00. The quantitative estimate of drug-likeness (QED) is 0.275. The van der Waals surface area contributed by atoms with Crippen LogP contribution >= 0.6 is 0 Å². The molecule has 0 aliphatic heterocycles.